The van der Waals surface area contributed by atoms with Crippen LogP contribution in [0.2, 0.25) is 5.02 Å². The van der Waals surface area contributed by atoms with Gasteiger partial charge in [-0.3, -0.25) is 4.79 Å². The molecule has 0 aliphatic carbocycles. The molecular formula is C7H3ClF2N2O3. The third kappa shape index (κ3) is 2.24. The normalized spacial score (nSPS) is 10.4. The van der Waals surface area contributed by atoms with Crippen LogP contribution in [-0.2, 0) is 0 Å². The van der Waals surface area contributed by atoms with Crippen LogP contribution in [-0.4, -0.2) is 16.2 Å². The second-order valence-corrected chi connectivity index (χ2v) is 2.85. The van der Waals surface area contributed by atoms with E-state index in [4.69, 9.17) is 11.6 Å². The summed E-state index contributed by atoms with van der Waals surface area (Å²) < 4.78 is 24.7. The summed E-state index contributed by atoms with van der Waals surface area (Å²) in [6, 6.07) is 0.850. The van der Waals surface area contributed by atoms with Crippen molar-refractivity contribution in [2.24, 2.45) is 0 Å². The van der Waals surface area contributed by atoms with E-state index >= 15 is 0 Å². The quantitative estimate of drug-likeness (QED) is 0.459. The first-order valence-electron chi connectivity index (χ1n) is 3.55. The van der Waals surface area contributed by atoms with E-state index in [1.54, 1.807) is 0 Å². The molecule has 0 saturated carbocycles. The Morgan fingerprint density at radius 3 is 2.60 bits per heavy atom. The van der Waals surface area contributed by atoms with Crippen LogP contribution >= 0.6 is 11.6 Å². The van der Waals surface area contributed by atoms with E-state index in [0.29, 0.717) is 0 Å². The van der Waals surface area contributed by atoms with Gasteiger partial charge in [0.25, 0.3) is 6.43 Å². The van der Waals surface area contributed by atoms with Crippen LogP contribution < -0.4 is 0 Å². The summed E-state index contributed by atoms with van der Waals surface area (Å²) in [5.41, 5.74) is -1.34. The molecule has 0 amide bonds. The summed E-state index contributed by atoms with van der Waals surface area (Å²) in [6.45, 7) is 0. The first kappa shape index (κ1) is 11.4. The fourth-order valence-corrected chi connectivity index (χ4v) is 1.21. The molecule has 0 unspecified atom stereocenters. The topological polar surface area (TPSA) is 73.1 Å². The zero-order valence-corrected chi connectivity index (χ0v) is 7.74. The van der Waals surface area contributed by atoms with Crippen molar-refractivity contribution < 1.29 is 18.5 Å². The van der Waals surface area contributed by atoms with Gasteiger partial charge in [-0.2, -0.15) is 0 Å². The molecule has 5 nitrogen and oxygen atoms in total. The summed E-state index contributed by atoms with van der Waals surface area (Å²) in [7, 11) is 0. The van der Waals surface area contributed by atoms with Crippen molar-refractivity contribution in [1.29, 1.82) is 0 Å². The van der Waals surface area contributed by atoms with Crippen LogP contribution in [0.25, 0.3) is 0 Å². The van der Waals surface area contributed by atoms with Crippen molar-refractivity contribution in [3.8, 4) is 0 Å². The molecule has 1 rings (SSSR count). The van der Waals surface area contributed by atoms with Crippen molar-refractivity contribution in [3.63, 3.8) is 0 Å². The molecule has 1 heterocycles. The summed E-state index contributed by atoms with van der Waals surface area (Å²) in [6.07, 6.45) is -2.93. The van der Waals surface area contributed by atoms with Gasteiger partial charge in [0.15, 0.2) is 6.29 Å². The number of alkyl halides is 2. The smallest absolute Gasteiger partial charge is 0.358 e. The van der Waals surface area contributed by atoms with E-state index in [1.165, 1.54) is 0 Å². The molecule has 1 aromatic rings. The molecule has 0 spiro atoms. The Morgan fingerprint density at radius 2 is 2.20 bits per heavy atom. The Balaban J connectivity index is 3.49. The van der Waals surface area contributed by atoms with Crippen molar-refractivity contribution in [3.05, 3.63) is 32.5 Å². The Labute approximate surface area is 86.8 Å². The molecule has 0 atom stereocenters. The van der Waals surface area contributed by atoms with Gasteiger partial charge in [0.1, 0.15) is 5.56 Å². The van der Waals surface area contributed by atoms with Crippen LogP contribution in [0, 0.1) is 10.1 Å². The van der Waals surface area contributed by atoms with E-state index in [2.05, 4.69) is 4.98 Å². The number of aldehydes is 1. The van der Waals surface area contributed by atoms with Crippen molar-refractivity contribution >= 4 is 23.7 Å². The summed E-state index contributed by atoms with van der Waals surface area (Å²) in [5.74, 6) is -1.10. The number of hydrogen-bond donors (Lipinski definition) is 0. The van der Waals surface area contributed by atoms with Crippen LogP contribution in [0.1, 0.15) is 22.5 Å². The molecule has 0 N–H and O–H groups in total. The monoisotopic (exact) mass is 236 g/mol. The van der Waals surface area contributed by atoms with Crippen molar-refractivity contribution in [2.45, 2.75) is 6.43 Å². The number of nitrogens with zero attached hydrogens (tertiary/aromatic N) is 2. The predicted octanol–water partition coefficient (Wildman–Crippen LogP) is 2.39. The van der Waals surface area contributed by atoms with Crippen LogP contribution in [0.4, 0.5) is 14.6 Å². The average Bonchev–Trinajstić information content (AvgIpc) is 2.15. The number of hydrogen-bond acceptors (Lipinski definition) is 4. The highest BCUT2D eigenvalue weighted by Gasteiger charge is 2.28. The first-order chi connectivity index (χ1) is 6.97. The minimum Gasteiger partial charge on any atom is -0.358 e. The Kier molecular flexibility index (Phi) is 3.25. The molecule has 0 radical (unpaired) electrons. The zero-order valence-electron chi connectivity index (χ0n) is 6.99. The highest BCUT2D eigenvalue weighted by molar-refractivity contribution is 6.31. The van der Waals surface area contributed by atoms with E-state index in [9.17, 15) is 23.7 Å². The summed E-state index contributed by atoms with van der Waals surface area (Å²) >= 11 is 5.37. The van der Waals surface area contributed by atoms with Gasteiger partial charge < -0.3 is 10.1 Å². The second kappa shape index (κ2) is 4.26. The standard InChI is InChI=1S/C7H3ClF2N2O3/c8-4-1-3(2-13)11-7(12(14)15)5(4)6(9)10/h1-2,6H. The molecule has 0 bridgehead atoms. The number of carbonyl (C=O) groups excluding carboxylic acids is 1. The van der Waals surface area contributed by atoms with E-state index in [0.717, 1.165) is 6.07 Å². The lowest BCUT2D eigenvalue weighted by Crippen LogP contribution is -2.02. The largest absolute Gasteiger partial charge is 0.374 e. The van der Waals surface area contributed by atoms with E-state index in [1.807, 2.05) is 0 Å². The molecule has 8 heteroatoms. The van der Waals surface area contributed by atoms with Crippen LogP contribution in [0.5, 0.6) is 0 Å². The highest BCUT2D eigenvalue weighted by Crippen LogP contribution is 2.33. The SMILES string of the molecule is O=Cc1cc(Cl)c(C(F)F)c([N+](=O)[O-])n1. The number of rotatable bonds is 3. The van der Waals surface area contributed by atoms with Gasteiger partial charge >= 0.3 is 5.82 Å². The maximum atomic E-state index is 12.4. The van der Waals surface area contributed by atoms with Crippen molar-refractivity contribution in [2.75, 3.05) is 0 Å². The predicted molar refractivity (Wildman–Crippen MR) is 46.2 cm³/mol. The maximum absolute atomic E-state index is 12.4. The Hall–Kier alpha value is -1.63. The molecule has 0 aromatic carbocycles. The molecule has 0 saturated heterocycles. The van der Waals surface area contributed by atoms with Gasteiger partial charge in [0.05, 0.1) is 5.02 Å². The number of aromatic nitrogens is 1. The molecular weight excluding hydrogens is 234 g/mol. The third-order valence-corrected chi connectivity index (χ3v) is 1.83. The molecule has 1 aromatic heterocycles. The Bertz CT molecular complexity index is 425. The fourth-order valence-electron chi connectivity index (χ4n) is 0.931. The molecule has 0 aliphatic heterocycles. The van der Waals surface area contributed by atoms with Crippen LogP contribution in [0.3, 0.4) is 0 Å². The van der Waals surface area contributed by atoms with Gasteiger partial charge in [-0.25, -0.2) is 8.78 Å². The highest BCUT2D eigenvalue weighted by atomic mass is 35.5. The first-order valence-corrected chi connectivity index (χ1v) is 3.93. The molecule has 80 valence electrons. The molecule has 15 heavy (non-hydrogen) atoms. The average molecular weight is 237 g/mol. The maximum Gasteiger partial charge on any atom is 0.374 e. The number of pyridine rings is 1. The van der Waals surface area contributed by atoms with Gasteiger partial charge in [0, 0.05) is 6.07 Å². The third-order valence-electron chi connectivity index (χ3n) is 1.52. The number of nitro groups is 1. The van der Waals surface area contributed by atoms with Gasteiger partial charge in [-0.1, -0.05) is 11.6 Å². The molecule has 0 aliphatic rings. The second-order valence-electron chi connectivity index (χ2n) is 2.44. The van der Waals surface area contributed by atoms with Gasteiger partial charge in [0.2, 0.25) is 5.69 Å². The Morgan fingerprint density at radius 1 is 1.60 bits per heavy atom. The van der Waals surface area contributed by atoms with Gasteiger partial charge in [-0.05, 0) is 9.91 Å². The lowest BCUT2D eigenvalue weighted by molar-refractivity contribution is -0.391. The van der Waals surface area contributed by atoms with E-state index < -0.39 is 27.8 Å². The number of halogens is 3. The summed E-state index contributed by atoms with van der Waals surface area (Å²) in [4.78, 5) is 22.7. The summed E-state index contributed by atoms with van der Waals surface area (Å²) in [5, 5.41) is 9.83. The fraction of sp³-hybridized carbons (Fsp3) is 0.143. The minimum absolute atomic E-state index is 0.189. The molecule has 0 fully saturated rings. The van der Waals surface area contributed by atoms with Gasteiger partial charge in [-0.15, -0.1) is 0 Å². The van der Waals surface area contributed by atoms with E-state index in [-0.39, 0.29) is 12.0 Å². The van der Waals surface area contributed by atoms with Crippen LogP contribution in [0.15, 0.2) is 6.07 Å². The zero-order chi connectivity index (χ0) is 11.6. The lowest BCUT2D eigenvalue weighted by atomic mass is 10.2. The minimum atomic E-state index is -3.12. The van der Waals surface area contributed by atoms with Crippen molar-refractivity contribution in [1.82, 2.24) is 4.98 Å². The lowest BCUT2D eigenvalue weighted by Gasteiger charge is -2.03. The number of carbonyl (C=O) groups is 1.